The number of hydrogen-bond acceptors (Lipinski definition) is 11. The highest BCUT2D eigenvalue weighted by atomic mass is 35.5. The van der Waals surface area contributed by atoms with Crippen molar-refractivity contribution in [2.24, 2.45) is 0 Å². The lowest BCUT2D eigenvalue weighted by atomic mass is 10.2. The van der Waals surface area contributed by atoms with E-state index in [2.05, 4.69) is 9.97 Å². The van der Waals surface area contributed by atoms with Crippen LogP contribution in [0.1, 0.15) is 104 Å². The standard InChI is InChI=1S/C15H21NO4S.C13H16ClNO4/c1-6-19-14(18)12-11(21-7-2)8-10(9-16-12)13(17)20-15(3,4)5;1-5-18-12(17)10-9(14)6-8(7-15-10)11(16)19-13(2,3)4/h8-9H,6-7H2,1-5H3;6-7H,5H2,1-4H3. The Hall–Kier alpha value is -3.18. The second-order valence-corrected chi connectivity index (χ2v) is 11.7. The Morgan fingerprint density at radius 2 is 1.15 bits per heavy atom. The molecule has 2 heterocycles. The van der Waals surface area contributed by atoms with E-state index in [0.29, 0.717) is 10.5 Å². The third-order valence-electron chi connectivity index (χ3n) is 4.20. The van der Waals surface area contributed by atoms with E-state index in [0.717, 1.165) is 5.75 Å². The van der Waals surface area contributed by atoms with Crippen molar-refractivity contribution in [1.29, 1.82) is 0 Å². The van der Waals surface area contributed by atoms with Crippen LogP contribution in [0.3, 0.4) is 0 Å². The van der Waals surface area contributed by atoms with Crippen molar-refractivity contribution in [2.45, 2.75) is 78.4 Å². The van der Waals surface area contributed by atoms with Crippen molar-refractivity contribution < 1.29 is 38.1 Å². The van der Waals surface area contributed by atoms with Crippen LogP contribution in [0.15, 0.2) is 29.4 Å². The van der Waals surface area contributed by atoms with Gasteiger partial charge >= 0.3 is 23.9 Å². The summed E-state index contributed by atoms with van der Waals surface area (Å²) in [5.74, 6) is -1.35. The Morgan fingerprint density at radius 3 is 1.55 bits per heavy atom. The number of thioether (sulfide) groups is 1. The number of hydrogen-bond donors (Lipinski definition) is 0. The molecule has 220 valence electrons. The summed E-state index contributed by atoms with van der Waals surface area (Å²) in [7, 11) is 0. The first-order chi connectivity index (χ1) is 18.5. The van der Waals surface area contributed by atoms with Crippen LogP contribution in [0.5, 0.6) is 0 Å². The van der Waals surface area contributed by atoms with E-state index in [9.17, 15) is 19.2 Å². The first kappa shape index (κ1) is 34.8. The quantitative estimate of drug-likeness (QED) is 0.196. The molecule has 0 aromatic carbocycles. The number of pyridine rings is 2. The predicted molar refractivity (Wildman–Crippen MR) is 152 cm³/mol. The van der Waals surface area contributed by atoms with Crippen molar-refractivity contribution in [1.82, 2.24) is 9.97 Å². The van der Waals surface area contributed by atoms with Crippen LogP contribution in [-0.4, -0.2) is 64.0 Å². The highest BCUT2D eigenvalue weighted by molar-refractivity contribution is 7.99. The molecule has 0 spiro atoms. The van der Waals surface area contributed by atoms with Gasteiger partial charge in [0.1, 0.15) is 11.2 Å². The molecule has 0 atom stereocenters. The van der Waals surface area contributed by atoms with Gasteiger partial charge in [0.25, 0.3) is 0 Å². The molecular weight excluding hydrogens is 560 g/mol. The van der Waals surface area contributed by atoms with Gasteiger partial charge in [0.05, 0.1) is 29.4 Å². The molecule has 2 aromatic heterocycles. The van der Waals surface area contributed by atoms with E-state index in [1.165, 1.54) is 30.2 Å². The molecule has 0 saturated heterocycles. The molecule has 0 aliphatic heterocycles. The lowest BCUT2D eigenvalue weighted by Gasteiger charge is -2.19. The van der Waals surface area contributed by atoms with Gasteiger partial charge in [0.15, 0.2) is 11.4 Å². The van der Waals surface area contributed by atoms with E-state index in [-0.39, 0.29) is 35.2 Å². The Kier molecular flexibility index (Phi) is 13.6. The minimum atomic E-state index is -0.622. The Bertz CT molecular complexity index is 1210. The first-order valence-corrected chi connectivity index (χ1v) is 14.0. The number of halogens is 1. The maximum Gasteiger partial charge on any atom is 0.358 e. The van der Waals surface area contributed by atoms with Gasteiger partial charge in [-0.05, 0) is 73.3 Å². The molecule has 10 nitrogen and oxygen atoms in total. The summed E-state index contributed by atoms with van der Waals surface area (Å²) < 4.78 is 20.2. The van der Waals surface area contributed by atoms with Gasteiger partial charge in [0.2, 0.25) is 0 Å². The number of carbonyl (C=O) groups is 4. The molecule has 0 aliphatic carbocycles. The molecule has 0 saturated carbocycles. The van der Waals surface area contributed by atoms with E-state index in [4.69, 9.17) is 30.5 Å². The van der Waals surface area contributed by atoms with Gasteiger partial charge in [-0.1, -0.05) is 18.5 Å². The van der Waals surface area contributed by atoms with E-state index in [1.807, 2.05) is 6.92 Å². The number of aromatic nitrogens is 2. The highest BCUT2D eigenvalue weighted by Gasteiger charge is 2.22. The third-order valence-corrected chi connectivity index (χ3v) is 5.40. The van der Waals surface area contributed by atoms with E-state index < -0.39 is 35.1 Å². The van der Waals surface area contributed by atoms with Crippen LogP contribution in [0.4, 0.5) is 0 Å². The number of carbonyl (C=O) groups excluding carboxylic acids is 4. The molecule has 0 aliphatic rings. The van der Waals surface area contributed by atoms with Crippen LogP contribution >= 0.6 is 23.4 Å². The average Bonchev–Trinajstić information content (AvgIpc) is 2.82. The van der Waals surface area contributed by atoms with Crippen LogP contribution in [0.2, 0.25) is 5.02 Å². The van der Waals surface area contributed by atoms with Crippen molar-refractivity contribution >= 4 is 47.2 Å². The maximum absolute atomic E-state index is 12.0. The van der Waals surface area contributed by atoms with Crippen LogP contribution in [0.25, 0.3) is 0 Å². The molecule has 0 unspecified atom stereocenters. The summed E-state index contributed by atoms with van der Waals surface area (Å²) in [6, 6.07) is 2.97. The van der Waals surface area contributed by atoms with Crippen LogP contribution in [0, 0.1) is 0 Å². The second kappa shape index (κ2) is 15.6. The number of esters is 4. The lowest BCUT2D eigenvalue weighted by molar-refractivity contribution is 0.00562. The molecule has 0 fully saturated rings. The molecule has 0 N–H and O–H groups in total. The average molecular weight is 597 g/mol. The van der Waals surface area contributed by atoms with Crippen molar-refractivity contribution in [3.8, 4) is 0 Å². The van der Waals surface area contributed by atoms with E-state index in [1.54, 1.807) is 61.5 Å². The summed E-state index contributed by atoms with van der Waals surface area (Å²) in [5.41, 5.74) is -0.452. The summed E-state index contributed by atoms with van der Waals surface area (Å²) in [5, 5.41) is 0.0572. The summed E-state index contributed by atoms with van der Waals surface area (Å²) in [6.45, 7) is 16.6. The second-order valence-electron chi connectivity index (χ2n) is 10.0. The molecule has 40 heavy (non-hydrogen) atoms. The molecule has 12 heteroatoms. The largest absolute Gasteiger partial charge is 0.461 e. The first-order valence-electron chi connectivity index (χ1n) is 12.6. The molecule has 2 aromatic rings. The van der Waals surface area contributed by atoms with Gasteiger partial charge < -0.3 is 18.9 Å². The monoisotopic (exact) mass is 596 g/mol. The topological polar surface area (TPSA) is 131 Å². The summed E-state index contributed by atoms with van der Waals surface area (Å²) in [4.78, 5) is 55.7. The molecule has 2 rings (SSSR count). The molecule has 0 amide bonds. The Balaban J connectivity index is 0.000000402. The Labute approximate surface area is 244 Å². The van der Waals surface area contributed by atoms with E-state index >= 15 is 0 Å². The molecular formula is C28H37ClN2O8S. The van der Waals surface area contributed by atoms with Gasteiger partial charge in [-0.3, -0.25) is 0 Å². The van der Waals surface area contributed by atoms with Crippen molar-refractivity contribution in [3.05, 3.63) is 52.1 Å². The number of rotatable bonds is 8. The fourth-order valence-corrected chi connectivity index (χ4v) is 3.79. The smallest absolute Gasteiger partial charge is 0.358 e. The normalized spacial score (nSPS) is 11.1. The Morgan fingerprint density at radius 1 is 0.725 bits per heavy atom. The van der Waals surface area contributed by atoms with Gasteiger partial charge in [0, 0.05) is 17.3 Å². The zero-order valence-corrected chi connectivity index (χ0v) is 25.9. The van der Waals surface area contributed by atoms with Crippen LogP contribution in [-0.2, 0) is 18.9 Å². The van der Waals surface area contributed by atoms with Gasteiger partial charge in [-0.15, -0.1) is 11.8 Å². The SMILES string of the molecule is CCOC(=O)c1ncc(C(=O)OC(C)(C)C)cc1Cl.CCOC(=O)c1ncc(C(=O)OC(C)(C)C)cc1SCC. The minimum Gasteiger partial charge on any atom is -0.461 e. The predicted octanol–water partition coefficient (Wildman–Crippen LogP) is 6.19. The molecule has 0 bridgehead atoms. The minimum absolute atomic E-state index is 0.0178. The fourth-order valence-electron chi connectivity index (χ4n) is 2.75. The number of nitrogens with zero attached hydrogens (tertiary/aromatic N) is 2. The maximum atomic E-state index is 12.0. The zero-order valence-electron chi connectivity index (χ0n) is 24.4. The third kappa shape index (κ3) is 11.9. The van der Waals surface area contributed by atoms with Crippen molar-refractivity contribution in [2.75, 3.05) is 19.0 Å². The molecule has 0 radical (unpaired) electrons. The van der Waals surface area contributed by atoms with Gasteiger partial charge in [-0.2, -0.15) is 0 Å². The zero-order chi connectivity index (χ0) is 30.7. The lowest BCUT2D eigenvalue weighted by Crippen LogP contribution is -2.24. The highest BCUT2D eigenvalue weighted by Crippen LogP contribution is 2.24. The number of ether oxygens (including phenoxy) is 4. The fraction of sp³-hybridized carbons (Fsp3) is 0.500. The van der Waals surface area contributed by atoms with Crippen molar-refractivity contribution in [3.63, 3.8) is 0 Å². The van der Waals surface area contributed by atoms with Crippen LogP contribution < -0.4 is 0 Å². The van der Waals surface area contributed by atoms with Gasteiger partial charge in [-0.25, -0.2) is 29.1 Å². The summed E-state index contributed by atoms with van der Waals surface area (Å²) >= 11 is 7.34. The summed E-state index contributed by atoms with van der Waals surface area (Å²) in [6.07, 6.45) is 2.59.